The van der Waals surface area contributed by atoms with E-state index >= 15 is 0 Å². The third-order valence-electron chi connectivity index (χ3n) is 2.88. The molecule has 2 rings (SSSR count). The Morgan fingerprint density at radius 1 is 1.47 bits per heavy atom. The molecular formula is C12H12FIN2O3. The Hall–Kier alpha value is -1.38. The highest BCUT2D eigenvalue weighted by Gasteiger charge is 2.32. The molecule has 0 saturated carbocycles. The number of carboxylic acid groups (broad SMARTS) is 1. The molecule has 2 amide bonds. The summed E-state index contributed by atoms with van der Waals surface area (Å²) in [5.41, 5.74) is 0.550. The number of nitrogens with zero attached hydrogens (tertiary/aromatic N) is 1. The lowest BCUT2D eigenvalue weighted by Crippen LogP contribution is -2.52. The average Bonchev–Trinajstić information content (AvgIpc) is 2.26. The van der Waals surface area contributed by atoms with E-state index in [-0.39, 0.29) is 24.2 Å². The van der Waals surface area contributed by atoms with Crippen molar-refractivity contribution >= 4 is 40.3 Å². The van der Waals surface area contributed by atoms with E-state index in [0.717, 1.165) is 0 Å². The highest BCUT2D eigenvalue weighted by molar-refractivity contribution is 14.1. The third kappa shape index (κ3) is 3.55. The van der Waals surface area contributed by atoms with Gasteiger partial charge in [0.2, 0.25) is 0 Å². The smallest absolute Gasteiger partial charge is 0.321 e. The largest absolute Gasteiger partial charge is 0.481 e. The minimum Gasteiger partial charge on any atom is -0.481 e. The Bertz CT molecular complexity index is 518. The molecule has 1 aromatic rings. The van der Waals surface area contributed by atoms with Gasteiger partial charge in [-0.2, -0.15) is 0 Å². The number of carbonyl (C=O) groups excluding carboxylic acids is 1. The van der Waals surface area contributed by atoms with Crippen LogP contribution < -0.4 is 5.32 Å². The molecule has 102 valence electrons. The quantitative estimate of drug-likeness (QED) is 0.794. The maximum atomic E-state index is 12.9. The lowest BCUT2D eigenvalue weighted by Gasteiger charge is -2.38. The van der Waals surface area contributed by atoms with Crippen LogP contribution >= 0.6 is 22.6 Å². The van der Waals surface area contributed by atoms with Crippen molar-refractivity contribution in [2.75, 3.05) is 18.4 Å². The number of carboxylic acids is 1. The highest BCUT2D eigenvalue weighted by Crippen LogP contribution is 2.23. The van der Waals surface area contributed by atoms with E-state index in [1.807, 2.05) is 22.6 Å². The summed E-state index contributed by atoms with van der Waals surface area (Å²) in [4.78, 5) is 23.9. The van der Waals surface area contributed by atoms with Crippen LogP contribution in [0.2, 0.25) is 0 Å². The predicted molar refractivity (Wildman–Crippen MR) is 75.5 cm³/mol. The summed E-state index contributed by atoms with van der Waals surface area (Å²) in [6, 6.07) is 3.83. The monoisotopic (exact) mass is 378 g/mol. The Morgan fingerprint density at radius 3 is 2.74 bits per heavy atom. The average molecular weight is 378 g/mol. The van der Waals surface area contributed by atoms with Gasteiger partial charge < -0.3 is 15.3 Å². The highest BCUT2D eigenvalue weighted by atomic mass is 127. The van der Waals surface area contributed by atoms with Gasteiger partial charge in [-0.05, 0) is 40.8 Å². The Morgan fingerprint density at radius 2 is 2.16 bits per heavy atom. The number of urea groups is 1. The fourth-order valence-electron chi connectivity index (χ4n) is 1.90. The van der Waals surface area contributed by atoms with Crippen molar-refractivity contribution in [3.8, 4) is 0 Å². The minimum absolute atomic E-state index is 0.0236. The number of rotatable bonds is 3. The number of halogens is 2. The van der Waals surface area contributed by atoms with E-state index in [2.05, 4.69) is 5.32 Å². The van der Waals surface area contributed by atoms with Crippen LogP contribution in [0.15, 0.2) is 18.2 Å². The van der Waals surface area contributed by atoms with Gasteiger partial charge in [0.25, 0.3) is 0 Å². The lowest BCUT2D eigenvalue weighted by molar-refractivity contribution is -0.139. The number of aliphatic carboxylic acids is 1. The first-order valence-corrected chi connectivity index (χ1v) is 6.76. The summed E-state index contributed by atoms with van der Waals surface area (Å²) < 4.78 is 13.5. The van der Waals surface area contributed by atoms with Gasteiger partial charge in [0.1, 0.15) is 5.82 Å². The Kier molecular flexibility index (Phi) is 4.23. The van der Waals surface area contributed by atoms with Gasteiger partial charge in [0.15, 0.2) is 0 Å². The first-order chi connectivity index (χ1) is 8.95. The zero-order valence-electron chi connectivity index (χ0n) is 9.90. The van der Waals surface area contributed by atoms with E-state index in [0.29, 0.717) is 22.3 Å². The molecule has 0 spiro atoms. The number of likely N-dealkylation sites (tertiary alicyclic amines) is 1. The van der Waals surface area contributed by atoms with Gasteiger partial charge in [0.05, 0.1) is 12.1 Å². The second-order valence-electron chi connectivity index (χ2n) is 4.42. The maximum absolute atomic E-state index is 12.9. The molecule has 19 heavy (non-hydrogen) atoms. The van der Waals surface area contributed by atoms with Crippen LogP contribution in [-0.4, -0.2) is 35.1 Å². The van der Waals surface area contributed by atoms with Crippen molar-refractivity contribution in [2.45, 2.75) is 6.42 Å². The third-order valence-corrected chi connectivity index (χ3v) is 3.77. The molecule has 2 N–H and O–H groups in total. The summed E-state index contributed by atoms with van der Waals surface area (Å²) in [5, 5.41) is 11.3. The number of amides is 2. The SMILES string of the molecule is O=C(O)CC1CN(C(=O)Nc2ccc(F)cc2I)C1. The number of benzene rings is 1. The topological polar surface area (TPSA) is 69.6 Å². The molecular weight excluding hydrogens is 366 g/mol. The van der Waals surface area contributed by atoms with E-state index in [9.17, 15) is 14.0 Å². The van der Waals surface area contributed by atoms with Gasteiger partial charge in [-0.1, -0.05) is 0 Å². The van der Waals surface area contributed by atoms with E-state index in [1.54, 1.807) is 0 Å². The molecule has 0 unspecified atom stereocenters. The van der Waals surface area contributed by atoms with Gasteiger partial charge >= 0.3 is 12.0 Å². The summed E-state index contributed by atoms with van der Waals surface area (Å²) in [7, 11) is 0. The van der Waals surface area contributed by atoms with Crippen LogP contribution in [0, 0.1) is 15.3 Å². The number of nitrogens with one attached hydrogen (secondary N) is 1. The van der Waals surface area contributed by atoms with Crippen molar-refractivity contribution in [2.24, 2.45) is 5.92 Å². The van der Waals surface area contributed by atoms with Crippen LogP contribution in [0.5, 0.6) is 0 Å². The lowest BCUT2D eigenvalue weighted by atomic mass is 9.97. The summed E-state index contributed by atoms with van der Waals surface area (Å²) >= 11 is 1.94. The molecule has 0 aromatic heterocycles. The number of carbonyl (C=O) groups is 2. The van der Waals surface area contributed by atoms with Crippen molar-refractivity contribution in [1.82, 2.24) is 4.90 Å². The zero-order chi connectivity index (χ0) is 14.0. The standard InChI is InChI=1S/C12H12FIN2O3/c13-8-1-2-10(9(14)4-8)15-12(19)16-5-7(6-16)3-11(17)18/h1-2,4,7H,3,5-6H2,(H,15,19)(H,17,18). The molecule has 7 heteroatoms. The van der Waals surface area contributed by atoms with Crippen molar-refractivity contribution in [1.29, 1.82) is 0 Å². The van der Waals surface area contributed by atoms with Crippen LogP contribution in [0.25, 0.3) is 0 Å². The van der Waals surface area contributed by atoms with Crippen molar-refractivity contribution in [3.05, 3.63) is 27.6 Å². The summed E-state index contributed by atoms with van der Waals surface area (Å²) in [6.07, 6.45) is 0.0812. The molecule has 1 aromatic carbocycles. The predicted octanol–water partition coefficient (Wildman–Crippen LogP) is 2.37. The van der Waals surface area contributed by atoms with Gasteiger partial charge in [-0.3, -0.25) is 4.79 Å². The number of hydrogen-bond donors (Lipinski definition) is 2. The van der Waals surface area contributed by atoms with E-state index in [1.165, 1.54) is 23.1 Å². The Balaban J connectivity index is 1.87. The minimum atomic E-state index is -0.849. The molecule has 1 saturated heterocycles. The fourth-order valence-corrected chi connectivity index (χ4v) is 2.51. The Labute approximate surface area is 122 Å². The molecule has 1 aliphatic rings. The number of anilines is 1. The van der Waals surface area contributed by atoms with Crippen LogP contribution in [-0.2, 0) is 4.79 Å². The zero-order valence-corrected chi connectivity index (χ0v) is 12.1. The maximum Gasteiger partial charge on any atom is 0.321 e. The van der Waals surface area contributed by atoms with E-state index in [4.69, 9.17) is 5.11 Å². The second kappa shape index (κ2) is 5.72. The first-order valence-electron chi connectivity index (χ1n) is 5.68. The molecule has 0 atom stereocenters. The molecule has 5 nitrogen and oxygen atoms in total. The normalized spacial score (nSPS) is 14.9. The summed E-state index contributed by atoms with van der Waals surface area (Å²) in [6.45, 7) is 0.881. The van der Waals surface area contributed by atoms with Gasteiger partial charge in [0, 0.05) is 22.6 Å². The van der Waals surface area contributed by atoms with Gasteiger partial charge in [-0.15, -0.1) is 0 Å². The van der Waals surface area contributed by atoms with Crippen molar-refractivity contribution < 1.29 is 19.1 Å². The van der Waals surface area contributed by atoms with Crippen LogP contribution in [0.1, 0.15) is 6.42 Å². The molecule has 0 aliphatic carbocycles. The first kappa shape index (κ1) is 14.0. The molecule has 0 bridgehead atoms. The second-order valence-corrected chi connectivity index (χ2v) is 5.59. The number of hydrogen-bond acceptors (Lipinski definition) is 2. The summed E-state index contributed by atoms with van der Waals surface area (Å²) in [5.74, 6) is -1.18. The van der Waals surface area contributed by atoms with Crippen LogP contribution in [0.4, 0.5) is 14.9 Å². The van der Waals surface area contributed by atoms with Crippen molar-refractivity contribution in [3.63, 3.8) is 0 Å². The molecule has 0 radical (unpaired) electrons. The molecule has 1 heterocycles. The molecule has 1 aliphatic heterocycles. The fraction of sp³-hybridized carbons (Fsp3) is 0.333. The van der Waals surface area contributed by atoms with Crippen LogP contribution in [0.3, 0.4) is 0 Å². The molecule has 1 fully saturated rings. The van der Waals surface area contributed by atoms with E-state index < -0.39 is 5.97 Å². The van der Waals surface area contributed by atoms with Gasteiger partial charge in [-0.25, -0.2) is 9.18 Å².